The molecule has 1 aliphatic rings. The largest absolute Gasteiger partial charge is 0.317 e. The topological polar surface area (TPSA) is 42.7 Å². The van der Waals surface area contributed by atoms with Gasteiger partial charge in [-0.3, -0.25) is 0 Å². The van der Waals surface area contributed by atoms with Crippen LogP contribution in [0.4, 0.5) is 0 Å². The van der Waals surface area contributed by atoms with Crippen LogP contribution in [0.5, 0.6) is 0 Å². The van der Waals surface area contributed by atoms with E-state index < -0.39 is 0 Å². The van der Waals surface area contributed by atoms with Crippen LogP contribution in [0.15, 0.2) is 0 Å². The highest BCUT2D eigenvalue weighted by molar-refractivity contribution is 7.99. The van der Waals surface area contributed by atoms with Crippen LogP contribution >= 0.6 is 11.8 Å². The molecule has 1 aromatic rings. The Morgan fingerprint density at radius 1 is 1.33 bits per heavy atom. The van der Waals surface area contributed by atoms with Gasteiger partial charge in [0.1, 0.15) is 11.6 Å². The molecule has 1 saturated carbocycles. The van der Waals surface area contributed by atoms with E-state index in [0.29, 0.717) is 6.04 Å². The Labute approximate surface area is 114 Å². The molecular formula is C13H24N4S. The molecule has 0 radical (unpaired) electrons. The molecule has 18 heavy (non-hydrogen) atoms. The number of aromatic nitrogens is 3. The van der Waals surface area contributed by atoms with Gasteiger partial charge in [0.15, 0.2) is 0 Å². The molecule has 0 saturated heterocycles. The smallest absolute Gasteiger partial charge is 0.146 e. The molecule has 1 N–H and O–H groups in total. The molecule has 2 rings (SSSR count). The predicted molar refractivity (Wildman–Crippen MR) is 76.8 cm³/mol. The maximum Gasteiger partial charge on any atom is 0.146 e. The third kappa shape index (κ3) is 3.26. The fraction of sp³-hybridized carbons (Fsp3) is 0.846. The summed E-state index contributed by atoms with van der Waals surface area (Å²) in [7, 11) is 2.03. The lowest BCUT2D eigenvalue weighted by molar-refractivity contribution is 0.377. The first kappa shape index (κ1) is 13.9. The summed E-state index contributed by atoms with van der Waals surface area (Å²) in [5.41, 5.74) is 0. The van der Waals surface area contributed by atoms with Gasteiger partial charge in [-0.25, -0.2) is 0 Å². The normalized spacial score (nSPS) is 24.4. The second-order valence-corrected chi connectivity index (χ2v) is 6.50. The van der Waals surface area contributed by atoms with Crippen molar-refractivity contribution in [1.29, 1.82) is 0 Å². The second kappa shape index (κ2) is 6.57. The number of nitrogens with one attached hydrogen (secondary N) is 1. The van der Waals surface area contributed by atoms with Crippen LogP contribution < -0.4 is 5.32 Å². The van der Waals surface area contributed by atoms with Crippen molar-refractivity contribution >= 4 is 11.8 Å². The van der Waals surface area contributed by atoms with Gasteiger partial charge in [0.25, 0.3) is 0 Å². The summed E-state index contributed by atoms with van der Waals surface area (Å²) in [6.07, 6.45) is 5.40. The van der Waals surface area contributed by atoms with Crippen LogP contribution in [-0.2, 0) is 13.6 Å². The van der Waals surface area contributed by atoms with Crippen LogP contribution in [0.25, 0.3) is 0 Å². The zero-order valence-corrected chi connectivity index (χ0v) is 12.5. The average molecular weight is 268 g/mol. The van der Waals surface area contributed by atoms with Gasteiger partial charge in [-0.1, -0.05) is 19.8 Å². The van der Waals surface area contributed by atoms with Crippen molar-refractivity contribution in [2.24, 2.45) is 7.05 Å². The number of aryl methyl sites for hydroxylation is 1. The van der Waals surface area contributed by atoms with Gasteiger partial charge in [0, 0.05) is 18.3 Å². The highest BCUT2D eigenvalue weighted by atomic mass is 32.2. The first-order valence-electron chi connectivity index (χ1n) is 6.92. The quantitative estimate of drug-likeness (QED) is 0.889. The first-order chi connectivity index (χ1) is 8.72. The van der Waals surface area contributed by atoms with E-state index in [1.807, 2.05) is 14.0 Å². The van der Waals surface area contributed by atoms with E-state index in [4.69, 9.17) is 0 Å². The first-order valence-corrected chi connectivity index (χ1v) is 7.97. The number of hydrogen-bond acceptors (Lipinski definition) is 4. The van der Waals surface area contributed by atoms with Gasteiger partial charge in [0.2, 0.25) is 0 Å². The molecule has 5 heteroatoms. The van der Waals surface area contributed by atoms with E-state index in [1.165, 1.54) is 31.4 Å². The monoisotopic (exact) mass is 268 g/mol. The Kier molecular flexibility index (Phi) is 5.06. The van der Waals surface area contributed by atoms with E-state index in [1.54, 1.807) is 0 Å². The van der Waals surface area contributed by atoms with E-state index in [2.05, 4.69) is 38.8 Å². The maximum absolute atomic E-state index is 4.21. The fourth-order valence-electron chi connectivity index (χ4n) is 2.57. The van der Waals surface area contributed by atoms with Crippen LogP contribution in [-0.4, -0.2) is 31.8 Å². The van der Waals surface area contributed by atoms with Gasteiger partial charge in [0.05, 0.1) is 6.54 Å². The van der Waals surface area contributed by atoms with E-state index in [9.17, 15) is 0 Å². The Hall–Kier alpha value is -0.550. The molecule has 0 bridgehead atoms. The molecule has 1 aliphatic carbocycles. The van der Waals surface area contributed by atoms with Crippen LogP contribution in [0.3, 0.4) is 0 Å². The summed E-state index contributed by atoms with van der Waals surface area (Å²) in [6.45, 7) is 5.08. The average Bonchev–Trinajstić information content (AvgIpc) is 2.70. The van der Waals surface area contributed by atoms with Gasteiger partial charge in [-0.15, -0.1) is 10.2 Å². The van der Waals surface area contributed by atoms with Gasteiger partial charge in [-0.2, -0.15) is 11.8 Å². The molecule has 4 nitrogen and oxygen atoms in total. The number of rotatable bonds is 5. The minimum atomic E-state index is 0.640. The lowest BCUT2D eigenvalue weighted by Crippen LogP contribution is -2.40. The summed E-state index contributed by atoms with van der Waals surface area (Å²) in [6, 6.07) is 0.640. The lowest BCUT2D eigenvalue weighted by Gasteiger charge is -2.31. The Balaban J connectivity index is 1.89. The molecule has 0 amide bonds. The molecule has 1 aromatic heterocycles. The summed E-state index contributed by atoms with van der Waals surface area (Å²) in [5, 5.41) is 12.8. The van der Waals surface area contributed by atoms with Gasteiger partial charge in [-0.05, 0) is 25.5 Å². The van der Waals surface area contributed by atoms with E-state index in [0.717, 1.165) is 23.4 Å². The molecule has 2 atom stereocenters. The Morgan fingerprint density at radius 2 is 2.11 bits per heavy atom. The molecule has 1 heterocycles. The van der Waals surface area contributed by atoms with Crippen LogP contribution in [0, 0.1) is 6.92 Å². The molecule has 1 fully saturated rings. The summed E-state index contributed by atoms with van der Waals surface area (Å²) < 4.78 is 2.07. The van der Waals surface area contributed by atoms with Crippen LogP contribution in [0.2, 0.25) is 0 Å². The molecular weight excluding hydrogens is 244 g/mol. The Morgan fingerprint density at radius 3 is 2.78 bits per heavy atom. The minimum absolute atomic E-state index is 0.640. The SMILES string of the molecule is CCS[C@@H]1CCCC[C@@H]1NCc1nnc(C)n1C. The number of hydrogen-bond donors (Lipinski definition) is 1. The van der Waals surface area contributed by atoms with Crippen molar-refractivity contribution in [2.75, 3.05) is 5.75 Å². The fourth-order valence-corrected chi connectivity index (χ4v) is 3.80. The maximum atomic E-state index is 4.21. The molecule has 0 spiro atoms. The summed E-state index contributed by atoms with van der Waals surface area (Å²) in [5.74, 6) is 3.24. The van der Waals surface area contributed by atoms with Crippen molar-refractivity contribution in [2.45, 2.75) is 57.4 Å². The van der Waals surface area contributed by atoms with Crippen molar-refractivity contribution < 1.29 is 0 Å². The van der Waals surface area contributed by atoms with Crippen molar-refractivity contribution in [3.8, 4) is 0 Å². The third-order valence-electron chi connectivity index (χ3n) is 3.79. The van der Waals surface area contributed by atoms with E-state index in [-0.39, 0.29) is 0 Å². The van der Waals surface area contributed by atoms with Crippen molar-refractivity contribution in [3.63, 3.8) is 0 Å². The molecule has 0 unspecified atom stereocenters. The molecule has 0 aromatic carbocycles. The zero-order chi connectivity index (χ0) is 13.0. The second-order valence-electron chi connectivity index (χ2n) is 4.99. The highest BCUT2D eigenvalue weighted by Gasteiger charge is 2.24. The predicted octanol–water partition coefficient (Wildman–Crippen LogP) is 2.28. The van der Waals surface area contributed by atoms with E-state index >= 15 is 0 Å². The molecule has 0 aliphatic heterocycles. The Bertz CT molecular complexity index is 375. The highest BCUT2D eigenvalue weighted by Crippen LogP contribution is 2.28. The molecule has 102 valence electrons. The number of nitrogens with zero attached hydrogens (tertiary/aromatic N) is 3. The third-order valence-corrected chi connectivity index (χ3v) is 5.11. The summed E-state index contributed by atoms with van der Waals surface area (Å²) >= 11 is 2.10. The standard InChI is InChI=1S/C13H24N4S/c1-4-18-12-8-6-5-7-11(12)14-9-13-16-15-10(2)17(13)3/h11-12,14H,4-9H2,1-3H3/t11-,12+/m0/s1. The van der Waals surface area contributed by atoms with Gasteiger partial charge >= 0.3 is 0 Å². The van der Waals surface area contributed by atoms with Crippen LogP contribution in [0.1, 0.15) is 44.3 Å². The zero-order valence-electron chi connectivity index (χ0n) is 11.6. The minimum Gasteiger partial charge on any atom is -0.317 e. The van der Waals surface area contributed by atoms with Crippen molar-refractivity contribution in [1.82, 2.24) is 20.1 Å². The van der Waals surface area contributed by atoms with Crippen molar-refractivity contribution in [3.05, 3.63) is 11.6 Å². The van der Waals surface area contributed by atoms with Gasteiger partial charge < -0.3 is 9.88 Å². The summed E-state index contributed by atoms with van der Waals surface area (Å²) in [4.78, 5) is 0. The number of thioether (sulfide) groups is 1. The lowest BCUT2D eigenvalue weighted by atomic mass is 9.95.